The molecule has 3 nitrogen and oxygen atoms in total. The second kappa shape index (κ2) is 14.6. The Hall–Kier alpha value is -0.830. The smallest absolute Gasteiger partial charge is 0.333 e. The zero-order valence-corrected chi connectivity index (χ0v) is 13.4. The van der Waals surface area contributed by atoms with Crippen LogP contribution in [0.5, 0.6) is 0 Å². The standard InChI is InChI=1S/C17H32O3/c1-4-5-6-7-8-9-10-11-13-19-14-12-15-20-17(18)16(2)3/h2,4-15H2,1,3H3. The third kappa shape index (κ3) is 13.6. The van der Waals surface area contributed by atoms with Crippen LogP contribution in [0.4, 0.5) is 0 Å². The van der Waals surface area contributed by atoms with E-state index in [0.717, 1.165) is 19.4 Å². The molecular weight excluding hydrogens is 252 g/mol. The molecule has 0 saturated carbocycles. The van der Waals surface area contributed by atoms with Gasteiger partial charge in [-0.2, -0.15) is 0 Å². The molecule has 118 valence electrons. The summed E-state index contributed by atoms with van der Waals surface area (Å²) in [4.78, 5) is 11.1. The summed E-state index contributed by atoms with van der Waals surface area (Å²) in [5.74, 6) is -0.312. The van der Waals surface area contributed by atoms with Crippen LogP contribution < -0.4 is 0 Å². The first-order chi connectivity index (χ1) is 9.68. The van der Waals surface area contributed by atoms with Crippen LogP contribution in [0.15, 0.2) is 12.2 Å². The van der Waals surface area contributed by atoms with Crippen molar-refractivity contribution in [2.75, 3.05) is 19.8 Å². The van der Waals surface area contributed by atoms with Crippen LogP contribution in [-0.4, -0.2) is 25.8 Å². The fourth-order valence-corrected chi connectivity index (χ4v) is 1.89. The summed E-state index contributed by atoms with van der Waals surface area (Å²) in [6.07, 6.45) is 11.3. The van der Waals surface area contributed by atoms with Crippen molar-refractivity contribution in [3.8, 4) is 0 Å². The highest BCUT2D eigenvalue weighted by molar-refractivity contribution is 5.86. The molecule has 0 aliphatic carbocycles. The summed E-state index contributed by atoms with van der Waals surface area (Å²) in [6, 6.07) is 0. The molecule has 0 heterocycles. The summed E-state index contributed by atoms with van der Waals surface area (Å²) in [5.41, 5.74) is 0.449. The van der Waals surface area contributed by atoms with Gasteiger partial charge < -0.3 is 9.47 Å². The van der Waals surface area contributed by atoms with Crippen LogP contribution in [0.3, 0.4) is 0 Å². The van der Waals surface area contributed by atoms with E-state index in [2.05, 4.69) is 13.5 Å². The molecule has 0 aromatic heterocycles. The summed E-state index contributed by atoms with van der Waals surface area (Å²) in [5, 5.41) is 0. The zero-order chi connectivity index (χ0) is 15.1. The minimum Gasteiger partial charge on any atom is -0.462 e. The fraction of sp³-hybridized carbons (Fsp3) is 0.824. The highest BCUT2D eigenvalue weighted by atomic mass is 16.5. The Morgan fingerprint density at radius 2 is 1.40 bits per heavy atom. The maximum absolute atomic E-state index is 11.1. The van der Waals surface area contributed by atoms with Gasteiger partial charge in [0.1, 0.15) is 0 Å². The second-order valence-corrected chi connectivity index (χ2v) is 5.36. The van der Waals surface area contributed by atoms with Crippen LogP contribution in [0, 0.1) is 0 Å². The molecule has 20 heavy (non-hydrogen) atoms. The van der Waals surface area contributed by atoms with Crippen molar-refractivity contribution in [1.82, 2.24) is 0 Å². The lowest BCUT2D eigenvalue weighted by atomic mass is 10.1. The first-order valence-electron chi connectivity index (χ1n) is 8.08. The van der Waals surface area contributed by atoms with E-state index in [1.54, 1.807) is 6.92 Å². The lowest BCUT2D eigenvalue weighted by Gasteiger charge is -2.06. The van der Waals surface area contributed by atoms with Gasteiger partial charge in [-0.25, -0.2) is 4.79 Å². The van der Waals surface area contributed by atoms with E-state index >= 15 is 0 Å². The molecule has 3 heteroatoms. The van der Waals surface area contributed by atoms with Gasteiger partial charge in [-0.1, -0.05) is 58.4 Å². The summed E-state index contributed by atoms with van der Waals surface area (Å²) >= 11 is 0. The lowest BCUT2D eigenvalue weighted by Crippen LogP contribution is -2.08. The predicted molar refractivity (Wildman–Crippen MR) is 83.8 cm³/mol. The van der Waals surface area contributed by atoms with Gasteiger partial charge in [0, 0.05) is 25.2 Å². The van der Waals surface area contributed by atoms with E-state index in [1.807, 2.05) is 0 Å². The van der Waals surface area contributed by atoms with Gasteiger partial charge in [-0.3, -0.25) is 0 Å². The fourth-order valence-electron chi connectivity index (χ4n) is 1.89. The van der Waals surface area contributed by atoms with Crippen LogP contribution in [0.2, 0.25) is 0 Å². The molecule has 0 fully saturated rings. The van der Waals surface area contributed by atoms with Gasteiger partial charge in [-0.15, -0.1) is 0 Å². The van der Waals surface area contributed by atoms with Crippen molar-refractivity contribution in [1.29, 1.82) is 0 Å². The Morgan fingerprint density at radius 1 is 0.850 bits per heavy atom. The lowest BCUT2D eigenvalue weighted by molar-refractivity contribution is -0.139. The third-order valence-corrected chi connectivity index (χ3v) is 3.16. The van der Waals surface area contributed by atoms with E-state index in [9.17, 15) is 4.79 Å². The highest BCUT2D eigenvalue weighted by Gasteiger charge is 2.01. The highest BCUT2D eigenvalue weighted by Crippen LogP contribution is 2.08. The average molecular weight is 284 g/mol. The molecule has 0 aromatic carbocycles. The van der Waals surface area contributed by atoms with E-state index in [4.69, 9.17) is 9.47 Å². The molecule has 0 aliphatic heterocycles. The number of carbonyl (C=O) groups excluding carboxylic acids is 1. The number of carbonyl (C=O) groups is 1. The second-order valence-electron chi connectivity index (χ2n) is 5.36. The number of ether oxygens (including phenoxy) is 2. The van der Waals surface area contributed by atoms with Crippen molar-refractivity contribution in [3.05, 3.63) is 12.2 Å². The molecule has 0 radical (unpaired) electrons. The molecular formula is C17H32O3. The minimum atomic E-state index is -0.312. The first kappa shape index (κ1) is 19.2. The Balaban J connectivity index is 3.06. The zero-order valence-electron chi connectivity index (χ0n) is 13.4. The normalized spacial score (nSPS) is 10.5. The van der Waals surface area contributed by atoms with E-state index < -0.39 is 0 Å². The molecule has 0 spiro atoms. The number of hydrogen-bond acceptors (Lipinski definition) is 3. The maximum atomic E-state index is 11.1. The van der Waals surface area contributed by atoms with Gasteiger partial charge in [0.25, 0.3) is 0 Å². The Morgan fingerprint density at radius 3 is 2.00 bits per heavy atom. The van der Waals surface area contributed by atoms with Crippen LogP contribution in [-0.2, 0) is 14.3 Å². The van der Waals surface area contributed by atoms with Crippen molar-refractivity contribution in [2.24, 2.45) is 0 Å². The van der Waals surface area contributed by atoms with E-state index in [1.165, 1.54) is 44.9 Å². The quantitative estimate of drug-likeness (QED) is 0.264. The molecule has 0 rings (SSSR count). The molecule has 0 amide bonds. The van der Waals surface area contributed by atoms with Crippen LogP contribution in [0.1, 0.15) is 71.6 Å². The third-order valence-electron chi connectivity index (χ3n) is 3.16. The predicted octanol–water partition coefficient (Wildman–Crippen LogP) is 4.65. The number of hydrogen-bond donors (Lipinski definition) is 0. The molecule has 0 aliphatic rings. The molecule has 0 saturated heterocycles. The van der Waals surface area contributed by atoms with E-state index in [-0.39, 0.29) is 5.97 Å². The van der Waals surface area contributed by atoms with Crippen LogP contribution >= 0.6 is 0 Å². The van der Waals surface area contributed by atoms with Crippen LogP contribution in [0.25, 0.3) is 0 Å². The average Bonchev–Trinajstić information content (AvgIpc) is 2.43. The summed E-state index contributed by atoms with van der Waals surface area (Å²) in [6.45, 7) is 9.34. The van der Waals surface area contributed by atoms with Crippen molar-refractivity contribution >= 4 is 5.97 Å². The molecule has 0 atom stereocenters. The molecule has 0 unspecified atom stereocenters. The van der Waals surface area contributed by atoms with Gasteiger partial charge in [0.05, 0.1) is 6.61 Å². The topological polar surface area (TPSA) is 35.5 Å². The van der Waals surface area contributed by atoms with Gasteiger partial charge in [0.2, 0.25) is 0 Å². The largest absolute Gasteiger partial charge is 0.462 e. The molecule has 0 bridgehead atoms. The van der Waals surface area contributed by atoms with Gasteiger partial charge in [-0.05, 0) is 13.3 Å². The van der Waals surface area contributed by atoms with Gasteiger partial charge >= 0.3 is 5.97 Å². The molecule has 0 aromatic rings. The Bertz CT molecular complexity index is 249. The van der Waals surface area contributed by atoms with Crippen molar-refractivity contribution in [3.63, 3.8) is 0 Å². The maximum Gasteiger partial charge on any atom is 0.333 e. The Kier molecular flexibility index (Phi) is 14.0. The van der Waals surface area contributed by atoms with Crippen molar-refractivity contribution in [2.45, 2.75) is 71.6 Å². The van der Waals surface area contributed by atoms with E-state index in [0.29, 0.717) is 18.8 Å². The number of rotatable bonds is 14. The first-order valence-corrected chi connectivity index (χ1v) is 8.08. The van der Waals surface area contributed by atoms with Crippen molar-refractivity contribution < 1.29 is 14.3 Å². The summed E-state index contributed by atoms with van der Waals surface area (Å²) in [7, 11) is 0. The molecule has 0 N–H and O–H groups in total. The summed E-state index contributed by atoms with van der Waals surface area (Å²) < 4.78 is 10.5. The SMILES string of the molecule is C=C(C)C(=O)OCCCOCCCCCCCCCC. The Labute approximate surface area is 124 Å². The van der Waals surface area contributed by atoms with Gasteiger partial charge in [0.15, 0.2) is 0 Å². The number of esters is 1. The minimum absolute atomic E-state index is 0.312. The number of unbranched alkanes of at least 4 members (excludes halogenated alkanes) is 7. The monoisotopic (exact) mass is 284 g/mol.